The van der Waals surface area contributed by atoms with Crippen molar-refractivity contribution in [3.63, 3.8) is 0 Å². The summed E-state index contributed by atoms with van der Waals surface area (Å²) in [5, 5.41) is 6.03. The van der Waals surface area contributed by atoms with Gasteiger partial charge in [-0.1, -0.05) is 13.8 Å². The summed E-state index contributed by atoms with van der Waals surface area (Å²) in [6.45, 7) is 7.94. The highest BCUT2D eigenvalue weighted by Crippen LogP contribution is 2.10. The minimum Gasteiger partial charge on any atom is -0.381 e. The topological polar surface area (TPSA) is 50.4 Å². The van der Waals surface area contributed by atoms with Crippen molar-refractivity contribution in [1.29, 1.82) is 0 Å². The van der Waals surface area contributed by atoms with E-state index in [4.69, 9.17) is 4.74 Å². The standard InChI is InChI=1S/C11H22N2O2/c1-9(2)5-13-11(14)7-12-6-10-3-4-15-8-10/h9-10,12H,3-8H2,1-2H3,(H,13,14). The van der Waals surface area contributed by atoms with E-state index in [0.717, 1.165) is 32.7 Å². The fraction of sp³-hybridized carbons (Fsp3) is 0.909. The highest BCUT2D eigenvalue weighted by Gasteiger charge is 2.15. The van der Waals surface area contributed by atoms with Crippen LogP contribution in [0.2, 0.25) is 0 Å². The van der Waals surface area contributed by atoms with Crippen LogP contribution in [-0.4, -0.2) is 38.8 Å². The number of carbonyl (C=O) groups excluding carboxylic acids is 1. The normalized spacial score (nSPS) is 20.9. The quantitative estimate of drug-likeness (QED) is 0.672. The minimum atomic E-state index is 0.0858. The zero-order chi connectivity index (χ0) is 11.1. The summed E-state index contributed by atoms with van der Waals surface area (Å²) >= 11 is 0. The molecule has 1 atom stereocenters. The first-order chi connectivity index (χ1) is 7.18. The van der Waals surface area contributed by atoms with Gasteiger partial charge in [-0.15, -0.1) is 0 Å². The summed E-state index contributed by atoms with van der Waals surface area (Å²) < 4.78 is 5.25. The SMILES string of the molecule is CC(C)CNC(=O)CNCC1CCOC1. The third kappa shape index (κ3) is 5.74. The van der Waals surface area contributed by atoms with E-state index in [2.05, 4.69) is 24.5 Å². The van der Waals surface area contributed by atoms with E-state index in [1.807, 2.05) is 0 Å². The Hall–Kier alpha value is -0.610. The Morgan fingerprint density at radius 2 is 2.33 bits per heavy atom. The van der Waals surface area contributed by atoms with Crippen molar-refractivity contribution in [1.82, 2.24) is 10.6 Å². The first-order valence-corrected chi connectivity index (χ1v) is 5.73. The van der Waals surface area contributed by atoms with Gasteiger partial charge in [0.1, 0.15) is 0 Å². The predicted octanol–water partition coefficient (Wildman–Crippen LogP) is 0.385. The molecule has 4 nitrogen and oxygen atoms in total. The second kappa shape index (κ2) is 6.80. The van der Waals surface area contributed by atoms with Gasteiger partial charge >= 0.3 is 0 Å². The molecule has 1 heterocycles. The summed E-state index contributed by atoms with van der Waals surface area (Å²) in [7, 11) is 0. The number of hydrogen-bond donors (Lipinski definition) is 2. The molecule has 0 aromatic carbocycles. The first-order valence-electron chi connectivity index (χ1n) is 5.73. The van der Waals surface area contributed by atoms with E-state index < -0.39 is 0 Å². The number of rotatable bonds is 6. The lowest BCUT2D eigenvalue weighted by molar-refractivity contribution is -0.120. The Balaban J connectivity index is 1.96. The molecule has 15 heavy (non-hydrogen) atoms. The molecule has 0 radical (unpaired) electrons. The molecule has 1 fully saturated rings. The highest BCUT2D eigenvalue weighted by molar-refractivity contribution is 5.77. The maximum Gasteiger partial charge on any atom is 0.233 e. The lowest BCUT2D eigenvalue weighted by Gasteiger charge is -2.10. The Kier molecular flexibility index (Phi) is 5.65. The second-order valence-corrected chi connectivity index (χ2v) is 4.56. The van der Waals surface area contributed by atoms with E-state index >= 15 is 0 Å². The summed E-state index contributed by atoms with van der Waals surface area (Å²) in [5.74, 6) is 1.18. The average molecular weight is 214 g/mol. The Morgan fingerprint density at radius 1 is 1.53 bits per heavy atom. The number of hydrogen-bond acceptors (Lipinski definition) is 3. The van der Waals surface area contributed by atoms with Crippen LogP contribution < -0.4 is 10.6 Å². The van der Waals surface area contributed by atoms with Crippen LogP contribution in [0, 0.1) is 11.8 Å². The molecular formula is C11H22N2O2. The maximum absolute atomic E-state index is 11.3. The van der Waals surface area contributed by atoms with Crippen LogP contribution in [0.4, 0.5) is 0 Å². The van der Waals surface area contributed by atoms with E-state index in [1.54, 1.807) is 0 Å². The van der Waals surface area contributed by atoms with Gasteiger partial charge in [-0.2, -0.15) is 0 Å². The third-order valence-corrected chi connectivity index (χ3v) is 2.45. The zero-order valence-electron chi connectivity index (χ0n) is 9.71. The number of carbonyl (C=O) groups is 1. The molecule has 4 heteroatoms. The smallest absolute Gasteiger partial charge is 0.233 e. The zero-order valence-corrected chi connectivity index (χ0v) is 9.71. The van der Waals surface area contributed by atoms with Crippen LogP contribution in [0.1, 0.15) is 20.3 Å². The highest BCUT2D eigenvalue weighted by atomic mass is 16.5. The molecule has 0 aromatic rings. The molecule has 1 aliphatic rings. The molecule has 1 unspecified atom stereocenters. The van der Waals surface area contributed by atoms with Gasteiger partial charge in [0, 0.05) is 19.7 Å². The number of nitrogens with one attached hydrogen (secondary N) is 2. The van der Waals surface area contributed by atoms with Gasteiger partial charge in [0.25, 0.3) is 0 Å². The van der Waals surface area contributed by atoms with Crippen LogP contribution in [-0.2, 0) is 9.53 Å². The molecule has 0 aromatic heterocycles. The lowest BCUT2D eigenvalue weighted by Crippen LogP contribution is -2.37. The molecule has 1 amide bonds. The van der Waals surface area contributed by atoms with E-state index in [1.165, 1.54) is 0 Å². The molecule has 0 saturated carbocycles. The summed E-state index contributed by atoms with van der Waals surface area (Å²) in [5.41, 5.74) is 0. The molecule has 0 aliphatic carbocycles. The molecule has 0 spiro atoms. The van der Waals surface area contributed by atoms with Gasteiger partial charge in [-0.25, -0.2) is 0 Å². The monoisotopic (exact) mass is 214 g/mol. The Morgan fingerprint density at radius 3 is 2.93 bits per heavy atom. The Labute approximate surface area is 91.8 Å². The molecule has 88 valence electrons. The van der Waals surface area contributed by atoms with E-state index in [0.29, 0.717) is 18.4 Å². The van der Waals surface area contributed by atoms with E-state index in [-0.39, 0.29) is 5.91 Å². The molecule has 0 bridgehead atoms. The average Bonchev–Trinajstić information content (AvgIpc) is 2.67. The van der Waals surface area contributed by atoms with Crippen LogP contribution in [0.5, 0.6) is 0 Å². The van der Waals surface area contributed by atoms with Crippen molar-refractivity contribution in [2.45, 2.75) is 20.3 Å². The number of amides is 1. The van der Waals surface area contributed by atoms with Crippen LogP contribution in [0.3, 0.4) is 0 Å². The van der Waals surface area contributed by atoms with Crippen LogP contribution >= 0.6 is 0 Å². The Bertz CT molecular complexity index is 189. The molecule has 1 rings (SSSR count). The fourth-order valence-corrected chi connectivity index (χ4v) is 1.51. The van der Waals surface area contributed by atoms with Gasteiger partial charge in [0.05, 0.1) is 13.2 Å². The number of ether oxygens (including phenoxy) is 1. The third-order valence-electron chi connectivity index (χ3n) is 2.45. The second-order valence-electron chi connectivity index (χ2n) is 4.56. The van der Waals surface area contributed by atoms with Crippen molar-refractivity contribution in [2.24, 2.45) is 11.8 Å². The van der Waals surface area contributed by atoms with Crippen molar-refractivity contribution < 1.29 is 9.53 Å². The molecular weight excluding hydrogens is 192 g/mol. The summed E-state index contributed by atoms with van der Waals surface area (Å²) in [4.78, 5) is 11.3. The van der Waals surface area contributed by atoms with Crippen molar-refractivity contribution in [3.05, 3.63) is 0 Å². The van der Waals surface area contributed by atoms with Gasteiger partial charge in [0.2, 0.25) is 5.91 Å². The van der Waals surface area contributed by atoms with Gasteiger partial charge in [0.15, 0.2) is 0 Å². The minimum absolute atomic E-state index is 0.0858. The molecule has 1 saturated heterocycles. The van der Waals surface area contributed by atoms with E-state index in [9.17, 15) is 4.79 Å². The van der Waals surface area contributed by atoms with Crippen molar-refractivity contribution in [2.75, 3.05) is 32.8 Å². The largest absolute Gasteiger partial charge is 0.381 e. The maximum atomic E-state index is 11.3. The fourth-order valence-electron chi connectivity index (χ4n) is 1.51. The van der Waals surface area contributed by atoms with Gasteiger partial charge < -0.3 is 15.4 Å². The van der Waals surface area contributed by atoms with Crippen molar-refractivity contribution >= 4 is 5.91 Å². The lowest BCUT2D eigenvalue weighted by atomic mass is 10.1. The van der Waals surface area contributed by atoms with Crippen LogP contribution in [0.15, 0.2) is 0 Å². The molecule has 1 aliphatic heterocycles. The summed E-state index contributed by atoms with van der Waals surface area (Å²) in [6.07, 6.45) is 1.11. The van der Waals surface area contributed by atoms with Gasteiger partial charge in [-0.3, -0.25) is 4.79 Å². The van der Waals surface area contributed by atoms with Crippen molar-refractivity contribution in [3.8, 4) is 0 Å². The molecule has 2 N–H and O–H groups in total. The van der Waals surface area contributed by atoms with Gasteiger partial charge in [-0.05, 0) is 18.3 Å². The first kappa shape index (κ1) is 12.5. The van der Waals surface area contributed by atoms with Crippen LogP contribution in [0.25, 0.3) is 0 Å². The predicted molar refractivity (Wildman–Crippen MR) is 59.6 cm³/mol. The summed E-state index contributed by atoms with van der Waals surface area (Å²) in [6, 6.07) is 0.